The summed E-state index contributed by atoms with van der Waals surface area (Å²) < 4.78 is 16.0. The lowest BCUT2D eigenvalue weighted by atomic mass is 10.1. The number of ether oxygens (including phenoxy) is 3. The number of amides is 3. The smallest absolute Gasteiger partial charge is 0.407 e. The maximum atomic E-state index is 12.8. The number of anilines is 2. The standard InChI is InChI=1S/C25H36N4O6S/c1-16-7-8-19(22(31)29-23-27-17(2)18(3)36-23)20(15-16)28-21(30)9-11-33-13-14-34-12-10-26-24(32)35-25(4,5)6/h7-8,15H,9-14H2,1-6H3,(H,26,32)(H,28,30)(H,27,29,31). The fourth-order valence-corrected chi connectivity index (χ4v) is 3.70. The fourth-order valence-electron chi connectivity index (χ4n) is 2.89. The van der Waals surface area contributed by atoms with E-state index in [9.17, 15) is 14.4 Å². The summed E-state index contributed by atoms with van der Waals surface area (Å²) in [5, 5.41) is 8.72. The first-order valence-electron chi connectivity index (χ1n) is 11.7. The number of carbonyl (C=O) groups excluding carboxylic acids is 3. The Morgan fingerprint density at radius 2 is 1.67 bits per heavy atom. The number of nitrogens with zero attached hydrogens (tertiary/aromatic N) is 1. The molecule has 1 aromatic carbocycles. The average molecular weight is 521 g/mol. The molecule has 36 heavy (non-hydrogen) atoms. The normalized spacial score (nSPS) is 11.2. The predicted molar refractivity (Wildman–Crippen MR) is 140 cm³/mol. The van der Waals surface area contributed by atoms with E-state index in [0.717, 1.165) is 16.1 Å². The average Bonchev–Trinajstić information content (AvgIpc) is 3.07. The van der Waals surface area contributed by atoms with Gasteiger partial charge in [0.1, 0.15) is 5.60 Å². The van der Waals surface area contributed by atoms with Crippen LogP contribution in [0.5, 0.6) is 0 Å². The first kappa shape index (κ1) is 29.2. The van der Waals surface area contributed by atoms with E-state index in [0.29, 0.717) is 42.7 Å². The first-order valence-corrected chi connectivity index (χ1v) is 12.5. The largest absolute Gasteiger partial charge is 0.444 e. The summed E-state index contributed by atoms with van der Waals surface area (Å²) in [7, 11) is 0. The predicted octanol–water partition coefficient (Wildman–Crippen LogP) is 4.21. The van der Waals surface area contributed by atoms with Crippen molar-refractivity contribution in [2.24, 2.45) is 0 Å². The Hall–Kier alpha value is -3.02. The van der Waals surface area contributed by atoms with Crippen molar-refractivity contribution in [3.63, 3.8) is 0 Å². The number of alkyl carbamates (subject to hydrolysis) is 1. The van der Waals surface area contributed by atoms with Crippen LogP contribution in [0.2, 0.25) is 0 Å². The van der Waals surface area contributed by atoms with Gasteiger partial charge in [0.2, 0.25) is 5.91 Å². The van der Waals surface area contributed by atoms with Crippen LogP contribution in [0.25, 0.3) is 0 Å². The molecule has 198 valence electrons. The molecule has 2 rings (SSSR count). The molecule has 0 spiro atoms. The zero-order chi connectivity index (χ0) is 26.7. The van der Waals surface area contributed by atoms with Crippen LogP contribution in [0.1, 0.15) is 53.7 Å². The van der Waals surface area contributed by atoms with Crippen molar-refractivity contribution in [3.05, 3.63) is 39.9 Å². The highest BCUT2D eigenvalue weighted by molar-refractivity contribution is 7.15. The zero-order valence-electron chi connectivity index (χ0n) is 21.8. The van der Waals surface area contributed by atoms with Gasteiger partial charge in [-0.2, -0.15) is 0 Å². The minimum Gasteiger partial charge on any atom is -0.444 e. The van der Waals surface area contributed by atoms with Gasteiger partial charge in [0.05, 0.1) is 49.8 Å². The number of benzene rings is 1. The molecule has 1 heterocycles. The molecule has 10 nitrogen and oxygen atoms in total. The van der Waals surface area contributed by atoms with Crippen LogP contribution < -0.4 is 16.0 Å². The van der Waals surface area contributed by atoms with E-state index < -0.39 is 11.7 Å². The van der Waals surface area contributed by atoms with E-state index in [-0.39, 0.29) is 24.8 Å². The summed E-state index contributed by atoms with van der Waals surface area (Å²) in [4.78, 5) is 42.1. The van der Waals surface area contributed by atoms with E-state index in [1.165, 1.54) is 11.3 Å². The maximum absolute atomic E-state index is 12.8. The summed E-state index contributed by atoms with van der Waals surface area (Å²) in [6, 6.07) is 5.25. The molecule has 3 N–H and O–H groups in total. The van der Waals surface area contributed by atoms with Gasteiger partial charge < -0.3 is 24.8 Å². The van der Waals surface area contributed by atoms with E-state index in [2.05, 4.69) is 20.9 Å². The molecule has 0 saturated heterocycles. The van der Waals surface area contributed by atoms with Gasteiger partial charge in [-0.05, 0) is 59.2 Å². The van der Waals surface area contributed by atoms with Crippen LogP contribution in [-0.4, -0.2) is 61.5 Å². The Kier molecular flexibility index (Phi) is 11.3. The molecule has 0 bridgehead atoms. The number of rotatable bonds is 12. The van der Waals surface area contributed by atoms with Gasteiger partial charge >= 0.3 is 6.09 Å². The Morgan fingerprint density at radius 3 is 2.31 bits per heavy atom. The molecule has 0 aliphatic rings. The van der Waals surface area contributed by atoms with Crippen molar-refractivity contribution < 1.29 is 28.6 Å². The molecule has 3 amide bonds. The molecule has 0 unspecified atom stereocenters. The van der Waals surface area contributed by atoms with Crippen molar-refractivity contribution in [3.8, 4) is 0 Å². The molecular weight excluding hydrogens is 484 g/mol. The third-order valence-corrected chi connectivity index (χ3v) is 5.69. The Morgan fingerprint density at radius 1 is 0.972 bits per heavy atom. The van der Waals surface area contributed by atoms with Gasteiger partial charge in [0.15, 0.2) is 5.13 Å². The summed E-state index contributed by atoms with van der Waals surface area (Å²) in [5.74, 6) is -0.605. The highest BCUT2D eigenvalue weighted by Gasteiger charge is 2.17. The lowest BCUT2D eigenvalue weighted by Crippen LogP contribution is -2.34. The van der Waals surface area contributed by atoms with E-state index in [1.54, 1.807) is 32.9 Å². The summed E-state index contributed by atoms with van der Waals surface area (Å²) in [6.45, 7) is 12.6. The Balaban J connectivity index is 1.69. The topological polar surface area (TPSA) is 128 Å². The monoisotopic (exact) mass is 520 g/mol. The molecule has 0 fully saturated rings. The van der Waals surface area contributed by atoms with Gasteiger partial charge in [-0.1, -0.05) is 6.07 Å². The number of aromatic nitrogens is 1. The van der Waals surface area contributed by atoms with Crippen LogP contribution >= 0.6 is 11.3 Å². The lowest BCUT2D eigenvalue weighted by Gasteiger charge is -2.19. The van der Waals surface area contributed by atoms with E-state index >= 15 is 0 Å². The SMILES string of the molecule is Cc1ccc(C(=O)Nc2nc(C)c(C)s2)c(NC(=O)CCOCCOCCNC(=O)OC(C)(C)C)c1. The second-order valence-corrected chi connectivity index (χ2v) is 10.3. The highest BCUT2D eigenvalue weighted by atomic mass is 32.1. The van der Waals surface area contributed by atoms with E-state index in [4.69, 9.17) is 14.2 Å². The molecule has 0 aliphatic heterocycles. The van der Waals surface area contributed by atoms with Crippen molar-refractivity contribution >= 4 is 40.1 Å². The maximum Gasteiger partial charge on any atom is 0.407 e. The molecule has 0 atom stereocenters. The number of aryl methyl sites for hydroxylation is 3. The third-order valence-electron chi connectivity index (χ3n) is 4.70. The van der Waals surface area contributed by atoms with Crippen LogP contribution in [0.4, 0.5) is 15.6 Å². The minimum absolute atomic E-state index is 0.125. The summed E-state index contributed by atoms with van der Waals surface area (Å²) >= 11 is 1.40. The van der Waals surface area contributed by atoms with Crippen molar-refractivity contribution in [2.75, 3.05) is 43.6 Å². The molecular formula is C25H36N4O6S. The van der Waals surface area contributed by atoms with Crippen LogP contribution in [0, 0.1) is 20.8 Å². The van der Waals surface area contributed by atoms with Crippen LogP contribution in [0.3, 0.4) is 0 Å². The summed E-state index contributed by atoms with van der Waals surface area (Å²) in [5.41, 5.74) is 2.03. The number of nitrogens with one attached hydrogen (secondary N) is 3. The number of hydrogen-bond acceptors (Lipinski definition) is 8. The number of carbonyl (C=O) groups is 3. The van der Waals surface area contributed by atoms with Crippen LogP contribution in [0.15, 0.2) is 18.2 Å². The lowest BCUT2D eigenvalue weighted by molar-refractivity contribution is -0.117. The van der Waals surface area contributed by atoms with Gasteiger partial charge in [0, 0.05) is 11.4 Å². The zero-order valence-corrected chi connectivity index (χ0v) is 22.6. The molecule has 0 aliphatic carbocycles. The second-order valence-electron chi connectivity index (χ2n) is 9.12. The first-order chi connectivity index (χ1) is 16.9. The Bertz CT molecular complexity index is 1030. The third kappa shape index (κ3) is 10.7. The minimum atomic E-state index is -0.543. The van der Waals surface area contributed by atoms with Crippen molar-refractivity contribution in [1.29, 1.82) is 0 Å². The van der Waals surface area contributed by atoms with Crippen molar-refractivity contribution in [1.82, 2.24) is 10.3 Å². The number of hydrogen-bond donors (Lipinski definition) is 3. The Labute approximate surface area is 216 Å². The van der Waals surface area contributed by atoms with Crippen LogP contribution in [-0.2, 0) is 19.0 Å². The summed E-state index contributed by atoms with van der Waals surface area (Å²) in [6.07, 6.45) is -0.365. The van der Waals surface area contributed by atoms with Gasteiger partial charge in [-0.25, -0.2) is 9.78 Å². The second kappa shape index (κ2) is 13.9. The van der Waals surface area contributed by atoms with Gasteiger partial charge in [0.25, 0.3) is 5.91 Å². The molecule has 2 aromatic rings. The van der Waals surface area contributed by atoms with Gasteiger partial charge in [-0.15, -0.1) is 11.3 Å². The molecule has 1 aromatic heterocycles. The van der Waals surface area contributed by atoms with Crippen molar-refractivity contribution in [2.45, 2.75) is 53.6 Å². The highest BCUT2D eigenvalue weighted by Crippen LogP contribution is 2.24. The molecule has 11 heteroatoms. The van der Waals surface area contributed by atoms with Gasteiger partial charge in [-0.3, -0.25) is 14.9 Å². The van der Waals surface area contributed by atoms with E-state index in [1.807, 2.05) is 26.8 Å². The molecule has 0 saturated carbocycles. The number of thiazole rings is 1. The fraction of sp³-hybridized carbons (Fsp3) is 0.520. The molecule has 0 radical (unpaired) electrons. The quantitative estimate of drug-likeness (QED) is 0.358.